The maximum atomic E-state index is 11.9. The summed E-state index contributed by atoms with van der Waals surface area (Å²) in [6.07, 6.45) is 0.635. The highest BCUT2D eigenvalue weighted by Gasteiger charge is 2.19. The number of hydrogen-bond donors (Lipinski definition) is 3. The van der Waals surface area contributed by atoms with Crippen LogP contribution in [0.15, 0.2) is 74.8 Å². The summed E-state index contributed by atoms with van der Waals surface area (Å²) in [5.41, 5.74) is 5.80. The number of phenolic OH excluding ortho intramolecular Hbond substituents is 1. The van der Waals surface area contributed by atoms with Crippen molar-refractivity contribution < 1.29 is 22.9 Å². The van der Waals surface area contributed by atoms with E-state index in [0.29, 0.717) is 17.4 Å². The van der Waals surface area contributed by atoms with Crippen LogP contribution >= 0.6 is 0 Å². The predicted octanol–water partition coefficient (Wildman–Crippen LogP) is 4.93. The number of azo groups is 1. The van der Waals surface area contributed by atoms with Crippen LogP contribution in [-0.2, 0) is 10.1 Å². The number of hydrazone groups is 1. The number of aryl methyl sites for hydroxylation is 3. The highest BCUT2D eigenvalue weighted by molar-refractivity contribution is 7.86. The zero-order valence-electron chi connectivity index (χ0n) is 18.1. The van der Waals surface area contributed by atoms with Crippen molar-refractivity contribution in [1.82, 2.24) is 0 Å². The molecule has 0 aliphatic rings. The molecular formula is C23H22N4O5S. The first-order valence-electron chi connectivity index (χ1n) is 9.78. The molecule has 0 radical (unpaired) electrons. The normalized spacial score (nSPS) is 12.2. The number of carbonyl (C=O) groups is 1. The lowest BCUT2D eigenvalue weighted by molar-refractivity contribution is 0.112. The van der Waals surface area contributed by atoms with Gasteiger partial charge in [0.05, 0.1) is 11.4 Å². The fraction of sp³-hybridized carbons (Fsp3) is 0.130. The van der Waals surface area contributed by atoms with Gasteiger partial charge in [0.15, 0.2) is 6.29 Å². The third-order valence-corrected chi connectivity index (χ3v) is 5.61. The fourth-order valence-corrected chi connectivity index (χ4v) is 3.82. The molecular weight excluding hydrogens is 444 g/mol. The Balaban J connectivity index is 2.14. The van der Waals surface area contributed by atoms with Gasteiger partial charge in [0, 0.05) is 11.1 Å². The van der Waals surface area contributed by atoms with Crippen LogP contribution in [0.3, 0.4) is 0 Å². The van der Waals surface area contributed by atoms with Crippen LogP contribution in [0.2, 0.25) is 0 Å². The third-order valence-electron chi connectivity index (χ3n) is 4.70. The van der Waals surface area contributed by atoms with Crippen molar-refractivity contribution >= 4 is 33.6 Å². The molecule has 0 atom stereocenters. The number of amidine groups is 1. The Morgan fingerprint density at radius 3 is 2.42 bits per heavy atom. The number of aldehydes is 1. The van der Waals surface area contributed by atoms with E-state index < -0.39 is 15.0 Å². The second-order valence-electron chi connectivity index (χ2n) is 7.38. The Bertz CT molecular complexity index is 1380. The monoisotopic (exact) mass is 466 g/mol. The summed E-state index contributed by atoms with van der Waals surface area (Å²) in [5, 5.41) is 22.6. The number of nitrogens with zero attached hydrogens (tertiary/aromatic N) is 3. The molecule has 3 N–H and O–H groups in total. The summed E-state index contributed by atoms with van der Waals surface area (Å²) in [6, 6.07) is 14.0. The van der Waals surface area contributed by atoms with Crippen molar-refractivity contribution in [2.75, 3.05) is 5.43 Å². The first kappa shape index (κ1) is 23.8. The molecule has 33 heavy (non-hydrogen) atoms. The van der Waals surface area contributed by atoms with Crippen molar-refractivity contribution in [3.63, 3.8) is 0 Å². The van der Waals surface area contributed by atoms with Crippen LogP contribution in [0.1, 0.15) is 32.6 Å². The minimum atomic E-state index is -4.60. The second kappa shape index (κ2) is 9.72. The molecule has 0 aliphatic carbocycles. The lowest BCUT2D eigenvalue weighted by Crippen LogP contribution is -2.09. The second-order valence-corrected chi connectivity index (χ2v) is 8.77. The summed E-state index contributed by atoms with van der Waals surface area (Å²) >= 11 is 0. The lowest BCUT2D eigenvalue weighted by atomic mass is 10.1. The molecule has 0 aromatic heterocycles. The average Bonchev–Trinajstić information content (AvgIpc) is 2.77. The number of phenols is 1. The molecule has 0 unspecified atom stereocenters. The number of benzene rings is 3. The quantitative estimate of drug-likeness (QED) is 0.0894. The van der Waals surface area contributed by atoms with Crippen molar-refractivity contribution in [2.24, 2.45) is 15.3 Å². The van der Waals surface area contributed by atoms with Crippen molar-refractivity contribution in [1.29, 1.82) is 0 Å². The number of nitrogens with one attached hydrogen (secondary N) is 1. The van der Waals surface area contributed by atoms with Crippen molar-refractivity contribution in [2.45, 2.75) is 25.7 Å². The standard InChI is InChI=1S/C23H22N4O5S/c1-14-8-9-19(17(11-14)13-28)24-26-23(18-6-4-5-7-21(18)33(30,31)32)27-25-20-12-15(2)10-16(3)22(20)29/h4-13,25,29H,1-3H3,(H,30,31,32)/b26-24?,27-23-. The first-order chi connectivity index (χ1) is 15.6. The van der Waals surface area contributed by atoms with Gasteiger partial charge >= 0.3 is 0 Å². The Kier molecular flexibility index (Phi) is 7.00. The van der Waals surface area contributed by atoms with Gasteiger partial charge < -0.3 is 5.11 Å². The number of hydrogen-bond acceptors (Lipinski definition) is 7. The summed E-state index contributed by atoms with van der Waals surface area (Å²) < 4.78 is 33.5. The molecule has 0 saturated heterocycles. The lowest BCUT2D eigenvalue weighted by Gasteiger charge is -2.10. The zero-order chi connectivity index (χ0) is 24.2. The Morgan fingerprint density at radius 2 is 1.73 bits per heavy atom. The molecule has 9 nitrogen and oxygen atoms in total. The predicted molar refractivity (Wildman–Crippen MR) is 125 cm³/mol. The average molecular weight is 467 g/mol. The van der Waals surface area contributed by atoms with E-state index in [1.165, 1.54) is 18.2 Å². The van der Waals surface area contributed by atoms with Crippen LogP contribution in [0.4, 0.5) is 11.4 Å². The molecule has 3 aromatic rings. The van der Waals surface area contributed by atoms with Crippen LogP contribution in [0.25, 0.3) is 0 Å². The summed E-state index contributed by atoms with van der Waals surface area (Å²) in [6.45, 7) is 5.39. The van der Waals surface area contributed by atoms with Gasteiger partial charge in [-0.2, -0.15) is 13.5 Å². The van der Waals surface area contributed by atoms with Crippen molar-refractivity contribution in [3.8, 4) is 5.75 Å². The van der Waals surface area contributed by atoms with Crippen molar-refractivity contribution in [3.05, 3.63) is 82.4 Å². The van der Waals surface area contributed by atoms with Gasteiger partial charge in [0.25, 0.3) is 10.1 Å². The van der Waals surface area contributed by atoms with Gasteiger partial charge in [0.2, 0.25) is 5.84 Å². The Hall–Kier alpha value is -3.89. The molecule has 0 fully saturated rings. The minimum absolute atomic E-state index is 0.0279. The highest BCUT2D eigenvalue weighted by atomic mass is 32.2. The van der Waals surface area contributed by atoms with Gasteiger partial charge in [-0.1, -0.05) is 29.8 Å². The van der Waals surface area contributed by atoms with E-state index in [2.05, 4.69) is 20.8 Å². The first-order valence-corrected chi connectivity index (χ1v) is 11.2. The largest absolute Gasteiger partial charge is 0.505 e. The van der Waals surface area contributed by atoms with E-state index in [1.807, 2.05) is 13.8 Å². The topological polar surface area (TPSA) is 141 Å². The summed E-state index contributed by atoms with van der Waals surface area (Å²) in [4.78, 5) is 11.0. The Morgan fingerprint density at radius 1 is 1.00 bits per heavy atom. The number of carbonyl (C=O) groups excluding carboxylic acids is 1. The highest BCUT2D eigenvalue weighted by Crippen LogP contribution is 2.29. The molecule has 0 amide bonds. The molecule has 0 bridgehead atoms. The van der Waals surface area contributed by atoms with E-state index in [4.69, 9.17) is 0 Å². The van der Waals surface area contributed by atoms with Crippen LogP contribution in [0.5, 0.6) is 5.75 Å². The maximum Gasteiger partial charge on any atom is 0.295 e. The smallest absolute Gasteiger partial charge is 0.295 e. The number of anilines is 1. The van der Waals surface area contributed by atoms with Crippen LogP contribution < -0.4 is 5.43 Å². The van der Waals surface area contributed by atoms with E-state index in [1.54, 1.807) is 43.3 Å². The number of aromatic hydroxyl groups is 1. The molecule has 0 aliphatic heterocycles. The Labute approximate surface area is 191 Å². The molecule has 0 saturated carbocycles. The van der Waals surface area contributed by atoms with E-state index >= 15 is 0 Å². The SMILES string of the molecule is Cc1ccc(N=N/C(=N\Nc2cc(C)cc(C)c2O)c2ccccc2S(=O)(=O)O)c(C=O)c1. The maximum absolute atomic E-state index is 11.9. The zero-order valence-corrected chi connectivity index (χ0v) is 19.0. The van der Waals surface area contributed by atoms with E-state index in [-0.39, 0.29) is 28.5 Å². The van der Waals surface area contributed by atoms with Crippen LogP contribution in [-0.4, -0.2) is 30.2 Å². The van der Waals surface area contributed by atoms with Crippen LogP contribution in [0, 0.1) is 20.8 Å². The van der Waals surface area contributed by atoms with E-state index in [0.717, 1.165) is 11.1 Å². The number of rotatable bonds is 6. The summed E-state index contributed by atoms with van der Waals surface area (Å²) in [7, 11) is -4.60. The van der Waals surface area contributed by atoms with Gasteiger partial charge in [-0.05, 0) is 62.2 Å². The molecule has 10 heteroatoms. The van der Waals surface area contributed by atoms with Gasteiger partial charge in [-0.15, -0.1) is 10.2 Å². The minimum Gasteiger partial charge on any atom is -0.505 e. The van der Waals surface area contributed by atoms with Gasteiger partial charge in [-0.25, -0.2) is 0 Å². The molecule has 3 rings (SSSR count). The van der Waals surface area contributed by atoms with Gasteiger partial charge in [-0.3, -0.25) is 14.8 Å². The fourth-order valence-electron chi connectivity index (χ4n) is 3.13. The van der Waals surface area contributed by atoms with E-state index in [9.17, 15) is 22.9 Å². The molecule has 170 valence electrons. The summed E-state index contributed by atoms with van der Waals surface area (Å²) in [5.74, 6) is -0.232. The molecule has 3 aromatic carbocycles. The molecule has 0 spiro atoms. The third kappa shape index (κ3) is 5.68. The molecule has 0 heterocycles. The van der Waals surface area contributed by atoms with Gasteiger partial charge in [0.1, 0.15) is 10.6 Å².